The minimum absolute atomic E-state index is 0.00663. The summed E-state index contributed by atoms with van der Waals surface area (Å²) < 4.78 is 5.80. The number of hydrogen-bond acceptors (Lipinski definition) is 3. The van der Waals surface area contributed by atoms with Crippen LogP contribution in [0.25, 0.3) is 10.8 Å². The maximum atomic E-state index is 13.5. The second kappa shape index (κ2) is 7.44. The van der Waals surface area contributed by atoms with E-state index in [4.69, 9.17) is 4.74 Å². The summed E-state index contributed by atoms with van der Waals surface area (Å²) in [6.45, 7) is 0. The highest BCUT2D eigenvalue weighted by molar-refractivity contribution is 6.11. The van der Waals surface area contributed by atoms with Gasteiger partial charge in [-0.15, -0.1) is 0 Å². The molecule has 3 aromatic rings. The Morgan fingerprint density at radius 3 is 1.88 bits per heavy atom. The number of rotatable bonds is 5. The Morgan fingerprint density at radius 2 is 1.30 bits per heavy atom. The van der Waals surface area contributed by atoms with E-state index in [0.29, 0.717) is 11.1 Å². The molecule has 33 heavy (non-hydrogen) atoms. The Morgan fingerprint density at radius 1 is 0.788 bits per heavy atom. The summed E-state index contributed by atoms with van der Waals surface area (Å²) in [4.78, 5) is 24.8. The summed E-state index contributed by atoms with van der Waals surface area (Å²) in [6.07, 6.45) is 7.78. The van der Waals surface area contributed by atoms with Crippen molar-refractivity contribution >= 4 is 22.5 Å². The average molecular weight is 441 g/mol. The summed E-state index contributed by atoms with van der Waals surface area (Å²) in [5, 5.41) is 10.9. The summed E-state index contributed by atoms with van der Waals surface area (Å²) in [6, 6.07) is 16.4. The van der Waals surface area contributed by atoms with Crippen LogP contribution < -0.4 is 4.74 Å². The fraction of sp³-hybridized carbons (Fsp3) is 0.379. The molecule has 0 heterocycles. The van der Waals surface area contributed by atoms with Crippen molar-refractivity contribution in [3.8, 4) is 5.75 Å². The lowest BCUT2D eigenvalue weighted by molar-refractivity contribution is -0.00617. The number of carboxylic acids is 1. The quantitative estimate of drug-likeness (QED) is 0.477. The molecule has 4 heteroatoms. The third-order valence-corrected chi connectivity index (χ3v) is 8.42. The molecule has 3 aromatic carbocycles. The predicted molar refractivity (Wildman–Crippen MR) is 127 cm³/mol. The molecule has 0 aromatic heterocycles. The van der Waals surface area contributed by atoms with Crippen LogP contribution in [0.4, 0.5) is 0 Å². The van der Waals surface area contributed by atoms with Crippen molar-refractivity contribution in [3.05, 3.63) is 76.9 Å². The molecule has 168 valence electrons. The van der Waals surface area contributed by atoms with Crippen molar-refractivity contribution in [2.45, 2.75) is 43.9 Å². The first-order valence-electron chi connectivity index (χ1n) is 11.9. The van der Waals surface area contributed by atoms with E-state index in [2.05, 4.69) is 6.07 Å². The number of hydrogen-bond donors (Lipinski definition) is 1. The van der Waals surface area contributed by atoms with Crippen LogP contribution in [-0.4, -0.2) is 24.0 Å². The molecule has 0 aliphatic heterocycles. The number of ketones is 1. The second-order valence-corrected chi connectivity index (χ2v) is 10.5. The molecule has 0 amide bonds. The van der Waals surface area contributed by atoms with E-state index in [-0.39, 0.29) is 16.8 Å². The van der Waals surface area contributed by atoms with Crippen LogP contribution in [0.15, 0.2) is 54.6 Å². The van der Waals surface area contributed by atoms with Crippen LogP contribution in [-0.2, 0) is 5.41 Å². The zero-order valence-electron chi connectivity index (χ0n) is 18.8. The van der Waals surface area contributed by atoms with Crippen LogP contribution in [0.1, 0.15) is 70.4 Å². The van der Waals surface area contributed by atoms with Crippen LogP contribution in [0.5, 0.6) is 5.75 Å². The van der Waals surface area contributed by atoms with Gasteiger partial charge < -0.3 is 9.84 Å². The number of carbonyl (C=O) groups excluding carboxylic acids is 1. The first kappa shape index (κ1) is 20.5. The van der Waals surface area contributed by atoms with Crippen molar-refractivity contribution in [3.63, 3.8) is 0 Å². The lowest BCUT2D eigenvalue weighted by Gasteiger charge is -2.57. The molecule has 4 saturated carbocycles. The van der Waals surface area contributed by atoms with Gasteiger partial charge in [0, 0.05) is 16.7 Å². The van der Waals surface area contributed by atoms with Gasteiger partial charge in [0.15, 0.2) is 5.78 Å². The van der Waals surface area contributed by atoms with E-state index in [1.165, 1.54) is 44.1 Å². The monoisotopic (exact) mass is 440 g/mol. The van der Waals surface area contributed by atoms with Gasteiger partial charge in [-0.2, -0.15) is 0 Å². The molecule has 4 aliphatic carbocycles. The van der Waals surface area contributed by atoms with Gasteiger partial charge >= 0.3 is 5.97 Å². The highest BCUT2D eigenvalue weighted by Gasteiger charge is 2.52. The Hall–Kier alpha value is -3.14. The first-order chi connectivity index (χ1) is 15.9. The normalized spacial score (nSPS) is 27.6. The molecule has 0 radical (unpaired) electrons. The molecular formula is C29H28O4. The predicted octanol–water partition coefficient (Wildman–Crippen LogP) is 6.25. The molecule has 4 aliphatic rings. The van der Waals surface area contributed by atoms with Gasteiger partial charge in [0.05, 0.1) is 12.7 Å². The molecule has 0 saturated heterocycles. The minimum atomic E-state index is -0.951. The number of methoxy groups -OCH3 is 1. The van der Waals surface area contributed by atoms with Crippen molar-refractivity contribution in [2.24, 2.45) is 17.8 Å². The van der Waals surface area contributed by atoms with Gasteiger partial charge in [0.2, 0.25) is 0 Å². The fourth-order valence-electron chi connectivity index (χ4n) is 7.39. The molecule has 4 nitrogen and oxygen atoms in total. The maximum Gasteiger partial charge on any atom is 0.335 e. The third kappa shape index (κ3) is 3.35. The SMILES string of the molecule is COc1ccc(C(=O)c2ccc3cc(C(=O)O)ccc3c2)cc1C12CC3CC(CC(C3)C1)C2. The van der Waals surface area contributed by atoms with Gasteiger partial charge in [-0.05, 0) is 109 Å². The van der Waals surface area contributed by atoms with E-state index in [9.17, 15) is 14.7 Å². The number of aromatic carboxylic acids is 1. The number of carboxylic acid groups (broad SMARTS) is 1. The summed E-state index contributed by atoms with van der Waals surface area (Å²) in [5.74, 6) is 2.40. The molecule has 0 unspecified atom stereocenters. The number of fused-ring (bicyclic) bond motifs is 1. The van der Waals surface area contributed by atoms with Gasteiger partial charge in [-0.1, -0.05) is 18.2 Å². The Balaban J connectivity index is 1.38. The maximum absolute atomic E-state index is 13.5. The lowest BCUT2D eigenvalue weighted by atomic mass is 9.48. The highest BCUT2D eigenvalue weighted by Crippen LogP contribution is 2.62. The zero-order chi connectivity index (χ0) is 22.7. The summed E-state index contributed by atoms with van der Waals surface area (Å²) >= 11 is 0. The molecule has 4 bridgehead atoms. The van der Waals surface area contributed by atoms with Crippen molar-refractivity contribution in [1.82, 2.24) is 0 Å². The van der Waals surface area contributed by atoms with E-state index in [0.717, 1.165) is 34.3 Å². The minimum Gasteiger partial charge on any atom is -0.496 e. The van der Waals surface area contributed by atoms with Crippen LogP contribution in [0.3, 0.4) is 0 Å². The third-order valence-electron chi connectivity index (χ3n) is 8.42. The Bertz CT molecular complexity index is 1250. The molecule has 0 atom stereocenters. The molecule has 1 N–H and O–H groups in total. The van der Waals surface area contributed by atoms with Gasteiger partial charge in [0.1, 0.15) is 5.75 Å². The van der Waals surface area contributed by atoms with Crippen LogP contribution in [0.2, 0.25) is 0 Å². The lowest BCUT2D eigenvalue weighted by Crippen LogP contribution is -2.48. The first-order valence-corrected chi connectivity index (χ1v) is 11.9. The van der Waals surface area contributed by atoms with Crippen LogP contribution in [0, 0.1) is 17.8 Å². The second-order valence-electron chi connectivity index (χ2n) is 10.5. The number of ether oxygens (including phenoxy) is 1. The highest BCUT2D eigenvalue weighted by atomic mass is 16.5. The summed E-state index contributed by atoms with van der Waals surface area (Å²) in [7, 11) is 1.73. The Kier molecular flexibility index (Phi) is 4.62. The van der Waals surface area contributed by atoms with E-state index in [1.54, 1.807) is 31.4 Å². The van der Waals surface area contributed by atoms with Crippen molar-refractivity contribution in [1.29, 1.82) is 0 Å². The zero-order valence-corrected chi connectivity index (χ0v) is 18.8. The van der Waals surface area contributed by atoms with Crippen molar-refractivity contribution < 1.29 is 19.4 Å². The standard InChI is InChI=1S/C29H28O4/c1-33-26-7-6-23(13-25(26)29-14-17-8-18(15-29)10-19(9-17)16-29)27(30)22-4-2-21-12-24(28(31)32)5-3-20(21)11-22/h2-7,11-13,17-19H,8-10,14-16H2,1H3,(H,31,32). The van der Waals surface area contributed by atoms with E-state index >= 15 is 0 Å². The van der Waals surface area contributed by atoms with Crippen molar-refractivity contribution in [2.75, 3.05) is 7.11 Å². The molecule has 4 fully saturated rings. The summed E-state index contributed by atoms with van der Waals surface area (Å²) in [5.41, 5.74) is 2.93. The van der Waals surface area contributed by atoms with Gasteiger partial charge in [0.25, 0.3) is 0 Å². The van der Waals surface area contributed by atoms with Gasteiger partial charge in [-0.3, -0.25) is 4.79 Å². The molecule has 7 rings (SSSR count). The van der Waals surface area contributed by atoms with Gasteiger partial charge in [-0.25, -0.2) is 4.79 Å². The van der Waals surface area contributed by atoms with E-state index < -0.39 is 5.97 Å². The number of carbonyl (C=O) groups is 2. The average Bonchev–Trinajstić information content (AvgIpc) is 2.81. The number of benzene rings is 3. The molecule has 0 spiro atoms. The topological polar surface area (TPSA) is 63.6 Å². The smallest absolute Gasteiger partial charge is 0.335 e. The molecular weight excluding hydrogens is 412 g/mol. The Labute approximate surface area is 193 Å². The fourth-order valence-corrected chi connectivity index (χ4v) is 7.39. The largest absolute Gasteiger partial charge is 0.496 e. The van der Waals surface area contributed by atoms with Crippen LogP contribution >= 0.6 is 0 Å². The van der Waals surface area contributed by atoms with E-state index in [1.807, 2.05) is 24.3 Å².